The van der Waals surface area contributed by atoms with Crippen molar-refractivity contribution in [3.05, 3.63) is 63.3 Å². The number of fused-ring (bicyclic) bond motifs is 1. The minimum Gasteiger partial charge on any atom is -0.316 e. The molecule has 28 heavy (non-hydrogen) atoms. The summed E-state index contributed by atoms with van der Waals surface area (Å²) < 4.78 is 0.621. The molecule has 0 radical (unpaired) electrons. The molecule has 0 saturated heterocycles. The molecule has 3 aromatic heterocycles. The maximum Gasteiger partial charge on any atom is 0.276 e. The Morgan fingerprint density at radius 3 is 2.79 bits per heavy atom. The van der Waals surface area contributed by atoms with Crippen molar-refractivity contribution in [2.45, 2.75) is 6.92 Å². The molecule has 0 spiro atoms. The zero-order chi connectivity index (χ0) is 19.7. The van der Waals surface area contributed by atoms with E-state index in [-0.39, 0.29) is 11.4 Å². The Labute approximate surface area is 166 Å². The number of rotatable bonds is 5. The van der Waals surface area contributed by atoms with Crippen molar-refractivity contribution in [3.63, 3.8) is 0 Å². The monoisotopic (exact) mass is 412 g/mol. The van der Waals surface area contributed by atoms with Crippen molar-refractivity contribution in [1.29, 1.82) is 0 Å². The highest BCUT2D eigenvalue weighted by Crippen LogP contribution is 2.29. The summed E-state index contributed by atoms with van der Waals surface area (Å²) in [4.78, 5) is 35.7. The quantitative estimate of drug-likeness (QED) is 0.369. The SMILES string of the molecule is Cc1cccc(Nc2nc(C(=O)Nc3nc4ccc([N+](=O)[O-])cc4s3)cs2)n1. The number of aromatic nitrogens is 3. The van der Waals surface area contributed by atoms with Crippen LogP contribution in [-0.2, 0) is 0 Å². The van der Waals surface area contributed by atoms with E-state index >= 15 is 0 Å². The predicted octanol–water partition coefficient (Wildman–Crippen LogP) is 4.36. The average Bonchev–Trinajstić information content (AvgIpc) is 3.27. The highest BCUT2D eigenvalue weighted by molar-refractivity contribution is 7.22. The van der Waals surface area contributed by atoms with E-state index in [0.717, 1.165) is 5.69 Å². The van der Waals surface area contributed by atoms with Gasteiger partial charge < -0.3 is 5.32 Å². The number of benzene rings is 1. The van der Waals surface area contributed by atoms with Gasteiger partial charge in [0, 0.05) is 23.2 Å². The van der Waals surface area contributed by atoms with E-state index in [4.69, 9.17) is 0 Å². The fourth-order valence-corrected chi connectivity index (χ4v) is 3.99. The molecule has 4 rings (SSSR count). The van der Waals surface area contributed by atoms with Gasteiger partial charge in [0.15, 0.2) is 10.3 Å². The Kier molecular flexibility index (Phi) is 4.67. The number of amides is 1. The lowest BCUT2D eigenvalue weighted by atomic mass is 10.3. The number of nitro groups is 1. The Morgan fingerprint density at radius 1 is 1.14 bits per heavy atom. The van der Waals surface area contributed by atoms with E-state index in [1.807, 2.05) is 25.1 Å². The van der Waals surface area contributed by atoms with Gasteiger partial charge in [0.25, 0.3) is 11.6 Å². The molecule has 1 amide bonds. The molecule has 1 aromatic carbocycles. The van der Waals surface area contributed by atoms with Crippen molar-refractivity contribution in [3.8, 4) is 0 Å². The lowest BCUT2D eigenvalue weighted by Gasteiger charge is -2.01. The largest absolute Gasteiger partial charge is 0.316 e. The number of pyridine rings is 1. The summed E-state index contributed by atoms with van der Waals surface area (Å²) in [5, 5.41) is 19.1. The van der Waals surface area contributed by atoms with Gasteiger partial charge in [-0.3, -0.25) is 20.2 Å². The first-order valence-corrected chi connectivity index (χ1v) is 9.70. The summed E-state index contributed by atoms with van der Waals surface area (Å²) in [5.41, 5.74) is 1.67. The van der Waals surface area contributed by atoms with Crippen LogP contribution in [0.1, 0.15) is 16.2 Å². The van der Waals surface area contributed by atoms with Crippen LogP contribution in [0.3, 0.4) is 0 Å². The van der Waals surface area contributed by atoms with Gasteiger partial charge in [-0.2, -0.15) is 0 Å². The lowest BCUT2D eigenvalue weighted by molar-refractivity contribution is -0.384. The topological polar surface area (TPSA) is 123 Å². The standard InChI is InChI=1S/C17H12N6O3S2/c1-9-3-2-4-14(18-9)21-16-20-12(8-27-16)15(24)22-17-19-11-6-5-10(23(25)26)7-13(11)28-17/h2-8H,1H3,(H,18,20,21)(H,19,22,24). The van der Waals surface area contributed by atoms with Crippen molar-refractivity contribution >= 4 is 60.6 Å². The second-order valence-electron chi connectivity index (χ2n) is 5.71. The molecule has 0 aliphatic heterocycles. The van der Waals surface area contributed by atoms with E-state index in [2.05, 4.69) is 25.6 Å². The summed E-state index contributed by atoms with van der Waals surface area (Å²) in [6.07, 6.45) is 0. The molecular formula is C17H12N6O3S2. The molecular weight excluding hydrogens is 400 g/mol. The first-order valence-electron chi connectivity index (χ1n) is 8.00. The van der Waals surface area contributed by atoms with Gasteiger partial charge in [-0.05, 0) is 25.1 Å². The van der Waals surface area contributed by atoms with E-state index in [9.17, 15) is 14.9 Å². The molecule has 0 fully saturated rings. The minimum atomic E-state index is -0.468. The average molecular weight is 412 g/mol. The second kappa shape index (κ2) is 7.29. The number of nitrogens with zero attached hydrogens (tertiary/aromatic N) is 4. The molecule has 0 saturated carbocycles. The number of nitro benzene ring substituents is 1. The van der Waals surface area contributed by atoms with Crippen LogP contribution in [0, 0.1) is 17.0 Å². The first kappa shape index (κ1) is 17.9. The molecule has 0 unspecified atom stereocenters. The minimum absolute atomic E-state index is 0.0194. The summed E-state index contributed by atoms with van der Waals surface area (Å²) in [5.74, 6) is 0.240. The van der Waals surface area contributed by atoms with Gasteiger partial charge >= 0.3 is 0 Å². The zero-order valence-corrected chi connectivity index (χ0v) is 16.0. The lowest BCUT2D eigenvalue weighted by Crippen LogP contribution is -2.12. The molecule has 0 bridgehead atoms. The van der Waals surface area contributed by atoms with Crippen molar-refractivity contribution in [2.75, 3.05) is 10.6 Å². The summed E-state index contributed by atoms with van der Waals surface area (Å²) in [6, 6.07) is 9.95. The van der Waals surface area contributed by atoms with E-state index in [1.54, 1.807) is 11.4 Å². The van der Waals surface area contributed by atoms with Gasteiger partial charge in [-0.1, -0.05) is 17.4 Å². The molecule has 4 aromatic rings. The predicted molar refractivity (Wildman–Crippen MR) is 109 cm³/mol. The Bertz CT molecular complexity index is 1200. The van der Waals surface area contributed by atoms with E-state index in [1.165, 1.54) is 34.8 Å². The number of carbonyl (C=O) groups excluding carboxylic acids is 1. The van der Waals surface area contributed by atoms with Crippen molar-refractivity contribution < 1.29 is 9.72 Å². The number of non-ortho nitro benzene ring substituents is 1. The fraction of sp³-hybridized carbons (Fsp3) is 0.0588. The highest BCUT2D eigenvalue weighted by Gasteiger charge is 2.15. The van der Waals surface area contributed by atoms with Gasteiger partial charge in [-0.25, -0.2) is 15.0 Å². The number of nitrogens with one attached hydrogen (secondary N) is 2. The van der Waals surface area contributed by atoms with Crippen LogP contribution < -0.4 is 10.6 Å². The van der Waals surface area contributed by atoms with Crippen LogP contribution in [0.25, 0.3) is 10.2 Å². The van der Waals surface area contributed by atoms with E-state index in [0.29, 0.717) is 26.3 Å². The fourth-order valence-electron chi connectivity index (χ4n) is 2.40. The zero-order valence-electron chi connectivity index (χ0n) is 14.4. The third-order valence-electron chi connectivity index (χ3n) is 3.66. The smallest absolute Gasteiger partial charge is 0.276 e. The summed E-state index contributed by atoms with van der Waals surface area (Å²) in [6.45, 7) is 1.89. The third kappa shape index (κ3) is 3.80. The molecule has 11 heteroatoms. The number of hydrogen-bond donors (Lipinski definition) is 2. The molecule has 140 valence electrons. The van der Waals surface area contributed by atoms with Crippen LogP contribution in [0.4, 0.5) is 21.8 Å². The maximum absolute atomic E-state index is 12.4. The number of thiazole rings is 2. The van der Waals surface area contributed by atoms with E-state index < -0.39 is 10.8 Å². The van der Waals surface area contributed by atoms with Crippen molar-refractivity contribution in [2.24, 2.45) is 0 Å². The van der Waals surface area contributed by atoms with Crippen LogP contribution in [-0.4, -0.2) is 25.8 Å². The number of aryl methyl sites for hydroxylation is 1. The number of hydrogen-bond acceptors (Lipinski definition) is 9. The normalized spacial score (nSPS) is 10.8. The Balaban J connectivity index is 1.48. The van der Waals surface area contributed by atoms with Crippen molar-refractivity contribution in [1.82, 2.24) is 15.0 Å². The van der Waals surface area contributed by atoms with Gasteiger partial charge in [-0.15, -0.1) is 11.3 Å². The Morgan fingerprint density at radius 2 is 2.00 bits per heavy atom. The molecule has 0 aliphatic rings. The van der Waals surface area contributed by atoms with Crippen LogP contribution >= 0.6 is 22.7 Å². The summed E-state index contributed by atoms with van der Waals surface area (Å²) in [7, 11) is 0. The third-order valence-corrected chi connectivity index (χ3v) is 5.35. The van der Waals surface area contributed by atoms with Gasteiger partial charge in [0.1, 0.15) is 11.5 Å². The molecule has 0 atom stereocenters. The van der Waals surface area contributed by atoms with Crippen LogP contribution in [0.15, 0.2) is 41.8 Å². The molecule has 3 heterocycles. The number of anilines is 3. The van der Waals surface area contributed by atoms with Gasteiger partial charge in [0.05, 0.1) is 15.1 Å². The van der Waals surface area contributed by atoms with Crippen LogP contribution in [0.5, 0.6) is 0 Å². The molecule has 0 aliphatic carbocycles. The first-order chi connectivity index (χ1) is 13.5. The molecule has 9 nitrogen and oxygen atoms in total. The maximum atomic E-state index is 12.4. The number of carbonyl (C=O) groups is 1. The summed E-state index contributed by atoms with van der Waals surface area (Å²) >= 11 is 2.45. The molecule has 2 N–H and O–H groups in total. The second-order valence-corrected chi connectivity index (χ2v) is 7.60. The van der Waals surface area contributed by atoms with Crippen LogP contribution in [0.2, 0.25) is 0 Å². The Hall–Kier alpha value is -3.44. The van der Waals surface area contributed by atoms with Gasteiger partial charge in [0.2, 0.25) is 0 Å². The highest BCUT2D eigenvalue weighted by atomic mass is 32.1.